The smallest absolute Gasteiger partial charge is 0.296 e. The van der Waals surface area contributed by atoms with Crippen molar-refractivity contribution in [1.29, 1.82) is 0 Å². The second-order valence-electron chi connectivity index (χ2n) is 15.0. The fraction of sp³-hybridized carbons (Fsp3) is 0.778. The van der Waals surface area contributed by atoms with Crippen molar-refractivity contribution in [2.45, 2.75) is 128 Å². The predicted molar refractivity (Wildman–Crippen MR) is 166 cm³/mol. The highest BCUT2D eigenvalue weighted by atomic mass is 32.2. The molecule has 234 valence electrons. The van der Waals surface area contributed by atoms with Gasteiger partial charge in [-0.25, -0.2) is 0 Å². The van der Waals surface area contributed by atoms with Gasteiger partial charge in [0, 0.05) is 6.61 Å². The third kappa shape index (κ3) is 5.91. The van der Waals surface area contributed by atoms with E-state index in [-0.39, 0.29) is 17.8 Å². The molecule has 4 fully saturated rings. The Labute approximate surface area is 255 Å². The normalized spacial score (nSPS) is 39.1. The first kappa shape index (κ1) is 30.8. The van der Waals surface area contributed by atoms with Crippen LogP contribution < -0.4 is 0 Å². The lowest BCUT2D eigenvalue weighted by atomic mass is 9.47. The Bertz CT molecular complexity index is 1220. The summed E-state index contributed by atoms with van der Waals surface area (Å²) < 4.78 is 43.0. The number of aryl methyl sites for hydroxylation is 1. The van der Waals surface area contributed by atoms with E-state index in [1.54, 1.807) is 17.7 Å². The summed E-state index contributed by atoms with van der Waals surface area (Å²) in [5.41, 5.74) is 3.46. The third-order valence-corrected chi connectivity index (χ3v) is 14.0. The van der Waals surface area contributed by atoms with E-state index in [4.69, 9.17) is 13.7 Å². The van der Waals surface area contributed by atoms with Gasteiger partial charge in [-0.2, -0.15) is 8.42 Å². The molecule has 1 saturated heterocycles. The quantitative estimate of drug-likeness (QED) is 0.162. The van der Waals surface area contributed by atoms with E-state index in [1.165, 1.54) is 57.8 Å². The highest BCUT2D eigenvalue weighted by molar-refractivity contribution is 7.86. The predicted octanol–water partition coefficient (Wildman–Crippen LogP) is 8.61. The Morgan fingerprint density at radius 1 is 1.00 bits per heavy atom. The molecule has 1 aliphatic heterocycles. The minimum absolute atomic E-state index is 0.0157. The number of fused-ring (bicyclic) bond motifs is 5. The molecule has 5 nitrogen and oxygen atoms in total. The molecule has 42 heavy (non-hydrogen) atoms. The molecule has 4 aliphatic carbocycles. The maximum absolute atomic E-state index is 12.6. The van der Waals surface area contributed by atoms with Gasteiger partial charge in [0.15, 0.2) is 6.29 Å². The van der Waals surface area contributed by atoms with Crippen LogP contribution in [0, 0.1) is 47.3 Å². The average molecular weight is 599 g/mol. The standard InChI is InChI=1S/C36H54O5S/c1-25-10-13-29(14-11-25)42(37,38)40-23-7-8-26(2)31-16-17-32-30-15-12-27-24-28(41-34-9-5-6-22-39-34)18-20-35(27,3)33(30)19-21-36(31,32)4/h10-14,26,28,30-34H,5-9,15-24H2,1-4H3/t26-,28+,30+,31-,32+,33+,34?,35+,36-/m1/s1. The van der Waals surface area contributed by atoms with Crippen LogP contribution in [-0.4, -0.2) is 34.0 Å². The Balaban J connectivity index is 1.04. The largest absolute Gasteiger partial charge is 0.353 e. The number of hydrogen-bond acceptors (Lipinski definition) is 5. The molecule has 0 radical (unpaired) electrons. The van der Waals surface area contributed by atoms with E-state index in [0.29, 0.717) is 22.9 Å². The summed E-state index contributed by atoms with van der Waals surface area (Å²) in [5, 5.41) is 0. The molecule has 0 amide bonds. The molecule has 1 heterocycles. The lowest BCUT2D eigenvalue weighted by Crippen LogP contribution is -2.51. The molecule has 6 heteroatoms. The van der Waals surface area contributed by atoms with E-state index in [0.717, 1.165) is 61.5 Å². The lowest BCUT2D eigenvalue weighted by molar-refractivity contribution is -0.195. The molecular weight excluding hydrogens is 544 g/mol. The van der Waals surface area contributed by atoms with Crippen molar-refractivity contribution in [2.75, 3.05) is 13.2 Å². The zero-order valence-electron chi connectivity index (χ0n) is 26.5. The summed E-state index contributed by atoms with van der Waals surface area (Å²) in [6.07, 6.45) is 18.4. The Hall–Kier alpha value is -1.21. The van der Waals surface area contributed by atoms with Crippen LogP contribution in [-0.2, 0) is 23.8 Å². The van der Waals surface area contributed by atoms with Gasteiger partial charge in [0.05, 0.1) is 17.6 Å². The van der Waals surface area contributed by atoms with E-state index >= 15 is 0 Å². The summed E-state index contributed by atoms with van der Waals surface area (Å²) in [4.78, 5) is 0.252. The first-order valence-corrected chi connectivity index (χ1v) is 18.4. The highest BCUT2D eigenvalue weighted by Gasteiger charge is 2.59. The number of benzene rings is 1. The number of ether oxygens (including phenoxy) is 2. The molecule has 1 aromatic carbocycles. The Morgan fingerprint density at radius 2 is 1.81 bits per heavy atom. The van der Waals surface area contributed by atoms with Crippen molar-refractivity contribution < 1.29 is 22.1 Å². The van der Waals surface area contributed by atoms with Crippen LogP contribution in [0.3, 0.4) is 0 Å². The molecule has 6 rings (SSSR count). The minimum Gasteiger partial charge on any atom is -0.353 e. The van der Waals surface area contributed by atoms with Crippen molar-refractivity contribution in [3.05, 3.63) is 41.5 Å². The first-order valence-electron chi connectivity index (χ1n) is 17.0. The van der Waals surface area contributed by atoms with E-state index < -0.39 is 10.1 Å². The monoisotopic (exact) mass is 598 g/mol. The van der Waals surface area contributed by atoms with Crippen LogP contribution in [0.4, 0.5) is 0 Å². The van der Waals surface area contributed by atoms with Gasteiger partial charge in [0.1, 0.15) is 0 Å². The minimum atomic E-state index is -3.68. The van der Waals surface area contributed by atoms with Gasteiger partial charge in [-0.05, 0) is 143 Å². The van der Waals surface area contributed by atoms with Crippen molar-refractivity contribution in [1.82, 2.24) is 0 Å². The average Bonchev–Trinajstić information content (AvgIpc) is 3.33. The molecule has 3 saturated carbocycles. The highest BCUT2D eigenvalue weighted by Crippen LogP contribution is 2.67. The molecule has 1 unspecified atom stereocenters. The third-order valence-electron chi connectivity index (χ3n) is 12.7. The molecule has 0 spiro atoms. The van der Waals surface area contributed by atoms with Crippen LogP contribution in [0.25, 0.3) is 0 Å². The van der Waals surface area contributed by atoms with Crippen molar-refractivity contribution in [3.63, 3.8) is 0 Å². The first-order chi connectivity index (χ1) is 20.1. The molecule has 0 aromatic heterocycles. The van der Waals surface area contributed by atoms with Crippen molar-refractivity contribution in [3.8, 4) is 0 Å². The van der Waals surface area contributed by atoms with Gasteiger partial charge in [-0.15, -0.1) is 0 Å². The topological polar surface area (TPSA) is 61.8 Å². The van der Waals surface area contributed by atoms with Gasteiger partial charge in [0.25, 0.3) is 10.1 Å². The van der Waals surface area contributed by atoms with Crippen LogP contribution in [0.5, 0.6) is 0 Å². The van der Waals surface area contributed by atoms with E-state index in [1.807, 2.05) is 19.1 Å². The maximum Gasteiger partial charge on any atom is 0.296 e. The van der Waals surface area contributed by atoms with Crippen LogP contribution >= 0.6 is 0 Å². The zero-order valence-corrected chi connectivity index (χ0v) is 27.3. The van der Waals surface area contributed by atoms with Crippen molar-refractivity contribution >= 4 is 10.1 Å². The van der Waals surface area contributed by atoms with Gasteiger partial charge >= 0.3 is 0 Å². The Kier molecular flexibility index (Phi) is 9.01. The maximum atomic E-state index is 12.6. The van der Waals surface area contributed by atoms with Gasteiger partial charge < -0.3 is 9.47 Å². The zero-order chi connectivity index (χ0) is 29.5. The van der Waals surface area contributed by atoms with Gasteiger partial charge in [0.2, 0.25) is 0 Å². The fourth-order valence-corrected chi connectivity index (χ4v) is 11.2. The summed E-state index contributed by atoms with van der Waals surface area (Å²) >= 11 is 0. The number of rotatable bonds is 9. The summed E-state index contributed by atoms with van der Waals surface area (Å²) in [7, 11) is -3.68. The summed E-state index contributed by atoms with van der Waals surface area (Å²) in [5.74, 6) is 3.71. The molecule has 0 N–H and O–H groups in total. The van der Waals surface area contributed by atoms with E-state index in [2.05, 4.69) is 26.8 Å². The molecule has 0 bridgehead atoms. The molecular formula is C36H54O5S. The number of allylic oxidation sites excluding steroid dienone is 1. The summed E-state index contributed by atoms with van der Waals surface area (Å²) in [6, 6.07) is 6.92. The van der Waals surface area contributed by atoms with Crippen LogP contribution in [0.2, 0.25) is 0 Å². The second-order valence-corrected chi connectivity index (χ2v) is 16.6. The second kappa shape index (κ2) is 12.3. The molecule has 5 aliphatic rings. The Morgan fingerprint density at radius 3 is 2.57 bits per heavy atom. The summed E-state index contributed by atoms with van der Waals surface area (Å²) in [6.45, 7) is 10.7. The fourth-order valence-electron chi connectivity index (χ4n) is 10.3. The van der Waals surface area contributed by atoms with Crippen molar-refractivity contribution in [2.24, 2.45) is 40.4 Å². The number of hydrogen-bond donors (Lipinski definition) is 0. The lowest BCUT2D eigenvalue weighted by Gasteiger charge is -2.58. The van der Waals surface area contributed by atoms with Gasteiger partial charge in [-0.1, -0.05) is 50.1 Å². The molecule has 9 atom stereocenters. The SMILES string of the molecule is Cc1ccc(S(=O)(=O)OCCC[C@@H](C)[C@H]2CC[C@H]3[C@@H]4CC=C5C[C@@H](OC6CCCCO6)CC[C@]5(C)[C@H]4CC[C@]23C)cc1. The van der Waals surface area contributed by atoms with Gasteiger partial charge in [-0.3, -0.25) is 4.18 Å². The molecule has 1 aromatic rings. The van der Waals surface area contributed by atoms with Crippen LogP contribution in [0.1, 0.15) is 110 Å². The van der Waals surface area contributed by atoms with E-state index in [9.17, 15) is 8.42 Å². The van der Waals surface area contributed by atoms with Crippen LogP contribution in [0.15, 0.2) is 40.8 Å².